The lowest BCUT2D eigenvalue weighted by atomic mass is 9.84. The maximum Gasteiger partial charge on any atom is 0.252 e. The lowest BCUT2D eigenvalue weighted by Gasteiger charge is -2.20. The molecule has 4 rings (SSSR count). The number of H-pyrrole nitrogens is 1. The zero-order chi connectivity index (χ0) is 15.4. The minimum absolute atomic E-state index is 0.426. The summed E-state index contributed by atoms with van der Waals surface area (Å²) in [4.78, 5) is 11.7. The smallest absolute Gasteiger partial charge is 0.252 e. The Bertz CT molecular complexity index is 747. The van der Waals surface area contributed by atoms with Gasteiger partial charge in [0.1, 0.15) is 0 Å². The summed E-state index contributed by atoms with van der Waals surface area (Å²) in [7, 11) is 0. The van der Waals surface area contributed by atoms with Crippen molar-refractivity contribution in [2.75, 3.05) is 0 Å². The van der Waals surface area contributed by atoms with Crippen LogP contribution >= 0.6 is 0 Å². The molecule has 0 spiro atoms. The molecule has 1 amide bonds. The van der Waals surface area contributed by atoms with E-state index in [2.05, 4.69) is 42.2 Å². The highest BCUT2D eigenvalue weighted by molar-refractivity contribution is 5.99. The molecule has 2 aliphatic carbocycles. The molecule has 3 N–H and O–H groups in total. The highest BCUT2D eigenvalue weighted by Gasteiger charge is 2.48. The van der Waals surface area contributed by atoms with Crippen LogP contribution in [-0.4, -0.2) is 16.1 Å². The number of hydrogen-bond donors (Lipinski definition) is 2. The molecule has 2 aromatic rings. The van der Waals surface area contributed by atoms with Crippen LogP contribution in [0.3, 0.4) is 0 Å². The number of hydrogen-bond acceptors (Lipinski definition) is 2. The van der Waals surface area contributed by atoms with Crippen LogP contribution < -0.4 is 5.73 Å². The normalized spacial score (nSPS) is 25.7. The Hall–Kier alpha value is -2.10. The molecule has 1 fully saturated rings. The number of aromatic nitrogens is 2. The summed E-state index contributed by atoms with van der Waals surface area (Å²) in [5.41, 5.74) is 10.8. The van der Waals surface area contributed by atoms with Gasteiger partial charge in [0.25, 0.3) is 5.91 Å². The molecule has 0 radical (unpaired) electrons. The quantitative estimate of drug-likeness (QED) is 0.910. The topological polar surface area (TPSA) is 71.8 Å². The standard InChI is InChI=1S/C18H21N3O/c1-9(2)15-11-6-7-12(15)16-10(11)4-3-5-13(16)17-14(18(19)22)8-20-21-17/h3-5,8-9,11-12,15H,6-7H2,1-2H3,(H2,19,22)(H,20,21). The number of carbonyl (C=O) groups is 1. The Kier molecular flexibility index (Phi) is 2.90. The second-order valence-electron chi connectivity index (χ2n) is 6.94. The first-order valence-electron chi connectivity index (χ1n) is 8.06. The number of nitrogens with one attached hydrogen (secondary N) is 1. The van der Waals surface area contributed by atoms with Gasteiger partial charge in [0.2, 0.25) is 0 Å². The summed E-state index contributed by atoms with van der Waals surface area (Å²) < 4.78 is 0. The molecule has 4 heteroatoms. The van der Waals surface area contributed by atoms with Gasteiger partial charge in [-0.25, -0.2) is 0 Å². The fourth-order valence-electron chi connectivity index (χ4n) is 4.87. The Morgan fingerprint density at radius 2 is 2.09 bits per heavy atom. The van der Waals surface area contributed by atoms with Crippen molar-refractivity contribution in [3.05, 3.63) is 41.1 Å². The number of rotatable bonds is 3. The molecule has 1 heterocycles. The first-order chi connectivity index (χ1) is 10.6. The van der Waals surface area contributed by atoms with Gasteiger partial charge >= 0.3 is 0 Å². The highest BCUT2D eigenvalue weighted by atomic mass is 16.1. The van der Waals surface area contributed by atoms with Crippen LogP contribution in [0.4, 0.5) is 0 Å². The number of benzene rings is 1. The Balaban J connectivity index is 1.90. The Morgan fingerprint density at radius 1 is 1.32 bits per heavy atom. The maximum atomic E-state index is 11.7. The number of primary amides is 1. The fourth-order valence-corrected chi connectivity index (χ4v) is 4.87. The van der Waals surface area contributed by atoms with Crippen molar-refractivity contribution in [2.24, 2.45) is 17.6 Å². The van der Waals surface area contributed by atoms with E-state index in [1.54, 1.807) is 0 Å². The molecule has 1 saturated carbocycles. The number of fused-ring (bicyclic) bond motifs is 5. The van der Waals surface area contributed by atoms with Crippen molar-refractivity contribution in [1.82, 2.24) is 10.2 Å². The van der Waals surface area contributed by atoms with E-state index in [9.17, 15) is 4.79 Å². The first-order valence-corrected chi connectivity index (χ1v) is 8.06. The van der Waals surface area contributed by atoms with Crippen molar-refractivity contribution < 1.29 is 4.79 Å². The lowest BCUT2D eigenvalue weighted by Crippen LogP contribution is -2.12. The Labute approximate surface area is 130 Å². The molecule has 4 nitrogen and oxygen atoms in total. The van der Waals surface area contributed by atoms with Gasteiger partial charge in [0, 0.05) is 5.56 Å². The molecule has 2 aliphatic rings. The monoisotopic (exact) mass is 295 g/mol. The van der Waals surface area contributed by atoms with Crippen molar-refractivity contribution in [3.8, 4) is 11.3 Å². The second kappa shape index (κ2) is 4.70. The van der Waals surface area contributed by atoms with Gasteiger partial charge in [0.15, 0.2) is 0 Å². The number of nitrogens with zero attached hydrogens (tertiary/aromatic N) is 1. The van der Waals surface area contributed by atoms with Gasteiger partial charge in [-0.15, -0.1) is 0 Å². The summed E-state index contributed by atoms with van der Waals surface area (Å²) >= 11 is 0. The summed E-state index contributed by atoms with van der Waals surface area (Å²) in [6.07, 6.45) is 4.07. The molecule has 3 unspecified atom stereocenters. The van der Waals surface area contributed by atoms with E-state index in [1.807, 2.05) is 0 Å². The predicted molar refractivity (Wildman–Crippen MR) is 85.6 cm³/mol. The second-order valence-corrected chi connectivity index (χ2v) is 6.94. The van der Waals surface area contributed by atoms with Gasteiger partial charge in [-0.3, -0.25) is 9.89 Å². The number of amides is 1. The van der Waals surface area contributed by atoms with Crippen LogP contribution in [0.25, 0.3) is 11.3 Å². The van der Waals surface area contributed by atoms with Gasteiger partial charge in [0.05, 0.1) is 17.5 Å². The van der Waals surface area contributed by atoms with Crippen LogP contribution in [-0.2, 0) is 0 Å². The van der Waals surface area contributed by atoms with Gasteiger partial charge in [-0.1, -0.05) is 32.0 Å². The van der Waals surface area contributed by atoms with Crippen molar-refractivity contribution >= 4 is 5.91 Å². The fraction of sp³-hybridized carbons (Fsp3) is 0.444. The first kappa shape index (κ1) is 13.6. The van der Waals surface area contributed by atoms with E-state index in [0.717, 1.165) is 17.2 Å². The van der Waals surface area contributed by atoms with Gasteiger partial charge in [-0.2, -0.15) is 5.10 Å². The van der Waals surface area contributed by atoms with Crippen LogP contribution in [0.5, 0.6) is 0 Å². The Morgan fingerprint density at radius 3 is 2.82 bits per heavy atom. The molecule has 1 aromatic heterocycles. The number of nitrogens with two attached hydrogens (primary N) is 1. The molecule has 1 aromatic carbocycles. The summed E-state index contributed by atoms with van der Waals surface area (Å²) in [5, 5.41) is 7.02. The van der Waals surface area contributed by atoms with Crippen LogP contribution in [0.1, 0.15) is 60.0 Å². The lowest BCUT2D eigenvalue weighted by molar-refractivity contribution is 0.100. The zero-order valence-corrected chi connectivity index (χ0v) is 13.0. The minimum Gasteiger partial charge on any atom is -0.365 e. The zero-order valence-electron chi connectivity index (χ0n) is 13.0. The molecule has 0 aliphatic heterocycles. The predicted octanol–water partition coefficient (Wildman–Crippen LogP) is 3.42. The summed E-state index contributed by atoms with van der Waals surface area (Å²) in [6.45, 7) is 4.65. The van der Waals surface area contributed by atoms with Crippen LogP contribution in [0.15, 0.2) is 24.4 Å². The molecule has 114 valence electrons. The average Bonchev–Trinajstić information content (AvgIpc) is 3.19. The van der Waals surface area contributed by atoms with Crippen molar-refractivity contribution in [3.63, 3.8) is 0 Å². The molecular weight excluding hydrogens is 274 g/mol. The molecule has 0 saturated heterocycles. The minimum atomic E-state index is -0.426. The average molecular weight is 295 g/mol. The maximum absolute atomic E-state index is 11.7. The van der Waals surface area contributed by atoms with Crippen molar-refractivity contribution in [2.45, 2.75) is 38.5 Å². The number of carbonyl (C=O) groups excluding carboxylic acids is 1. The molecule has 3 atom stereocenters. The molecule has 22 heavy (non-hydrogen) atoms. The third-order valence-electron chi connectivity index (χ3n) is 5.57. The SMILES string of the molecule is CC(C)C1C2CCC1c1c(-c3[nH]ncc3C(N)=O)cccc12. The van der Waals surface area contributed by atoms with E-state index < -0.39 is 5.91 Å². The molecular formula is C18H21N3O. The van der Waals surface area contributed by atoms with Crippen molar-refractivity contribution in [1.29, 1.82) is 0 Å². The summed E-state index contributed by atoms with van der Waals surface area (Å²) in [6, 6.07) is 6.45. The summed E-state index contributed by atoms with van der Waals surface area (Å²) in [5.74, 6) is 2.23. The molecule has 2 bridgehead atoms. The third kappa shape index (κ3) is 1.70. The number of aromatic amines is 1. The van der Waals surface area contributed by atoms with Gasteiger partial charge in [-0.05, 0) is 47.6 Å². The van der Waals surface area contributed by atoms with Gasteiger partial charge < -0.3 is 5.73 Å². The van der Waals surface area contributed by atoms with Crippen LogP contribution in [0, 0.1) is 11.8 Å². The third-order valence-corrected chi connectivity index (χ3v) is 5.57. The van der Waals surface area contributed by atoms with E-state index in [0.29, 0.717) is 23.3 Å². The van der Waals surface area contributed by atoms with E-state index in [-0.39, 0.29) is 0 Å². The highest BCUT2D eigenvalue weighted by Crippen LogP contribution is 2.61. The van der Waals surface area contributed by atoms with Crippen LogP contribution in [0.2, 0.25) is 0 Å². The largest absolute Gasteiger partial charge is 0.365 e. The van der Waals surface area contributed by atoms with E-state index in [4.69, 9.17) is 5.73 Å². The van der Waals surface area contributed by atoms with E-state index in [1.165, 1.54) is 30.2 Å². The van der Waals surface area contributed by atoms with E-state index >= 15 is 0 Å².